The predicted molar refractivity (Wildman–Crippen MR) is 85.5 cm³/mol. The molecule has 23 heavy (non-hydrogen) atoms. The Kier molecular flexibility index (Phi) is 5.12. The van der Waals surface area contributed by atoms with Crippen LogP contribution in [0.15, 0.2) is 48.5 Å². The SMILES string of the molecule is C(OCC1CO1)C1CO1.Oc1ccc(O)c(-c2ccccc2)c1. The number of ether oxygens (including phenoxy) is 3. The first-order valence-corrected chi connectivity index (χ1v) is 7.61. The molecule has 2 aliphatic heterocycles. The standard InChI is InChI=1S/C12H10O2.C6H10O3/c13-10-6-7-12(14)11(8-10)9-4-2-1-3-5-9;1(5-3-8-5)7-2-6-4-9-6/h1-8,13-14H;5-6H,1-4H2. The van der Waals surface area contributed by atoms with Crippen molar-refractivity contribution in [2.24, 2.45) is 0 Å². The summed E-state index contributed by atoms with van der Waals surface area (Å²) in [7, 11) is 0. The number of hydrogen-bond acceptors (Lipinski definition) is 5. The van der Waals surface area contributed by atoms with Crippen LogP contribution in [0.5, 0.6) is 11.5 Å². The number of hydrogen-bond donors (Lipinski definition) is 2. The largest absolute Gasteiger partial charge is 0.508 e. The molecule has 2 aromatic rings. The van der Waals surface area contributed by atoms with Crippen molar-refractivity contribution in [3.05, 3.63) is 48.5 Å². The number of epoxide rings is 2. The van der Waals surface area contributed by atoms with Gasteiger partial charge in [-0.15, -0.1) is 0 Å². The molecule has 2 unspecified atom stereocenters. The summed E-state index contributed by atoms with van der Waals surface area (Å²) in [5.74, 6) is 0.329. The van der Waals surface area contributed by atoms with Crippen molar-refractivity contribution in [3.8, 4) is 22.6 Å². The minimum absolute atomic E-state index is 0.154. The first-order chi connectivity index (χ1) is 11.2. The third kappa shape index (κ3) is 5.25. The van der Waals surface area contributed by atoms with Crippen LogP contribution in [0.4, 0.5) is 0 Å². The Morgan fingerprint density at radius 1 is 0.913 bits per heavy atom. The number of benzene rings is 2. The second-order valence-corrected chi connectivity index (χ2v) is 5.52. The molecule has 2 fully saturated rings. The average Bonchev–Trinajstić information content (AvgIpc) is 3.46. The molecule has 0 aliphatic carbocycles. The van der Waals surface area contributed by atoms with Gasteiger partial charge < -0.3 is 24.4 Å². The lowest BCUT2D eigenvalue weighted by molar-refractivity contribution is 0.102. The fourth-order valence-corrected chi connectivity index (χ4v) is 2.03. The summed E-state index contributed by atoms with van der Waals surface area (Å²) in [6.45, 7) is 3.26. The smallest absolute Gasteiger partial charge is 0.123 e. The van der Waals surface area contributed by atoms with Crippen LogP contribution in [0, 0.1) is 0 Å². The third-order valence-corrected chi connectivity index (χ3v) is 3.48. The molecule has 2 N–H and O–H groups in total. The van der Waals surface area contributed by atoms with Gasteiger partial charge in [0, 0.05) is 5.56 Å². The minimum atomic E-state index is 0.154. The molecule has 2 saturated heterocycles. The normalized spacial score (nSPS) is 21.2. The van der Waals surface area contributed by atoms with Crippen LogP contribution in [-0.2, 0) is 14.2 Å². The Morgan fingerprint density at radius 3 is 2.09 bits per heavy atom. The van der Waals surface area contributed by atoms with Gasteiger partial charge in [-0.1, -0.05) is 30.3 Å². The van der Waals surface area contributed by atoms with Crippen molar-refractivity contribution in [3.63, 3.8) is 0 Å². The number of rotatable bonds is 5. The zero-order valence-corrected chi connectivity index (χ0v) is 12.7. The summed E-state index contributed by atoms with van der Waals surface area (Å²) < 4.78 is 15.1. The molecular weight excluding hydrogens is 296 g/mol. The summed E-state index contributed by atoms with van der Waals surface area (Å²) in [6, 6.07) is 13.9. The monoisotopic (exact) mass is 316 g/mol. The molecule has 2 heterocycles. The Morgan fingerprint density at radius 2 is 1.52 bits per heavy atom. The fraction of sp³-hybridized carbons (Fsp3) is 0.333. The lowest BCUT2D eigenvalue weighted by Gasteiger charge is -2.04. The molecule has 0 spiro atoms. The van der Waals surface area contributed by atoms with Gasteiger partial charge in [0.2, 0.25) is 0 Å². The van der Waals surface area contributed by atoms with Crippen molar-refractivity contribution < 1.29 is 24.4 Å². The number of aromatic hydroxyl groups is 2. The van der Waals surface area contributed by atoms with Crippen LogP contribution in [0.25, 0.3) is 11.1 Å². The Labute approximate surface area is 135 Å². The fourth-order valence-electron chi connectivity index (χ4n) is 2.03. The van der Waals surface area contributed by atoms with Crippen LogP contribution in [0.3, 0.4) is 0 Å². The molecule has 0 saturated carbocycles. The molecule has 122 valence electrons. The van der Waals surface area contributed by atoms with Crippen LogP contribution in [0.2, 0.25) is 0 Å². The first-order valence-electron chi connectivity index (χ1n) is 7.61. The van der Waals surface area contributed by atoms with Gasteiger partial charge in [0.1, 0.15) is 23.7 Å². The molecule has 5 nitrogen and oxygen atoms in total. The van der Waals surface area contributed by atoms with Gasteiger partial charge in [-0.2, -0.15) is 0 Å². The predicted octanol–water partition coefficient (Wildman–Crippen LogP) is 2.57. The molecule has 0 radical (unpaired) electrons. The first kappa shape index (κ1) is 15.8. The van der Waals surface area contributed by atoms with Crippen LogP contribution in [-0.4, -0.2) is 48.8 Å². The van der Waals surface area contributed by atoms with E-state index < -0.39 is 0 Å². The maximum atomic E-state index is 9.58. The van der Waals surface area contributed by atoms with Crippen molar-refractivity contribution in [1.29, 1.82) is 0 Å². The lowest BCUT2D eigenvalue weighted by atomic mass is 10.0. The highest BCUT2D eigenvalue weighted by Gasteiger charge is 2.26. The highest BCUT2D eigenvalue weighted by molar-refractivity contribution is 5.71. The quantitative estimate of drug-likeness (QED) is 0.655. The zero-order chi connectivity index (χ0) is 16.1. The topological polar surface area (TPSA) is 74.8 Å². The van der Waals surface area contributed by atoms with Gasteiger partial charge >= 0.3 is 0 Å². The third-order valence-electron chi connectivity index (χ3n) is 3.48. The summed E-state index contributed by atoms with van der Waals surface area (Å²) in [5, 5.41) is 18.9. The van der Waals surface area contributed by atoms with Crippen molar-refractivity contribution in [2.45, 2.75) is 12.2 Å². The van der Waals surface area contributed by atoms with Crippen molar-refractivity contribution in [1.82, 2.24) is 0 Å². The molecule has 2 aliphatic rings. The van der Waals surface area contributed by atoms with E-state index >= 15 is 0 Å². The van der Waals surface area contributed by atoms with Gasteiger partial charge in [0.05, 0.1) is 26.4 Å². The number of phenols is 2. The van der Waals surface area contributed by atoms with Gasteiger partial charge in [0.25, 0.3) is 0 Å². The molecule has 0 aromatic heterocycles. The Hall–Kier alpha value is -2.08. The van der Waals surface area contributed by atoms with E-state index in [0.717, 1.165) is 32.0 Å². The van der Waals surface area contributed by atoms with Gasteiger partial charge in [-0.25, -0.2) is 0 Å². The minimum Gasteiger partial charge on any atom is -0.508 e. The highest BCUT2D eigenvalue weighted by Crippen LogP contribution is 2.31. The summed E-state index contributed by atoms with van der Waals surface area (Å²) in [5.41, 5.74) is 1.53. The number of phenolic OH excluding ortho intramolecular Hbond substituents is 2. The van der Waals surface area contributed by atoms with E-state index in [4.69, 9.17) is 14.2 Å². The van der Waals surface area contributed by atoms with E-state index in [1.54, 1.807) is 6.07 Å². The summed E-state index contributed by atoms with van der Waals surface area (Å²) in [6.07, 6.45) is 0.785. The van der Waals surface area contributed by atoms with Gasteiger partial charge in [-0.3, -0.25) is 0 Å². The molecule has 2 atom stereocenters. The second-order valence-electron chi connectivity index (χ2n) is 5.52. The van der Waals surface area contributed by atoms with E-state index in [2.05, 4.69) is 0 Å². The van der Waals surface area contributed by atoms with Gasteiger partial charge in [-0.05, 0) is 23.8 Å². The Bertz CT molecular complexity index is 609. The van der Waals surface area contributed by atoms with Crippen molar-refractivity contribution >= 4 is 0 Å². The maximum absolute atomic E-state index is 9.58. The van der Waals surface area contributed by atoms with E-state index in [1.807, 2.05) is 30.3 Å². The molecule has 5 heteroatoms. The van der Waals surface area contributed by atoms with E-state index in [-0.39, 0.29) is 11.5 Å². The Balaban J connectivity index is 0.000000149. The van der Waals surface area contributed by atoms with Crippen LogP contribution in [0.1, 0.15) is 0 Å². The molecule has 0 amide bonds. The van der Waals surface area contributed by atoms with Crippen LogP contribution >= 0.6 is 0 Å². The van der Waals surface area contributed by atoms with E-state index in [0.29, 0.717) is 17.8 Å². The zero-order valence-electron chi connectivity index (χ0n) is 12.7. The van der Waals surface area contributed by atoms with E-state index in [9.17, 15) is 10.2 Å². The second kappa shape index (κ2) is 7.46. The molecular formula is C18H20O5. The molecule has 0 bridgehead atoms. The van der Waals surface area contributed by atoms with Crippen LogP contribution < -0.4 is 0 Å². The average molecular weight is 316 g/mol. The molecule has 2 aromatic carbocycles. The lowest BCUT2D eigenvalue weighted by Crippen LogP contribution is -2.06. The summed E-state index contributed by atoms with van der Waals surface area (Å²) in [4.78, 5) is 0. The maximum Gasteiger partial charge on any atom is 0.123 e. The summed E-state index contributed by atoms with van der Waals surface area (Å²) >= 11 is 0. The molecule has 4 rings (SSSR count). The van der Waals surface area contributed by atoms with Crippen molar-refractivity contribution in [2.75, 3.05) is 26.4 Å². The highest BCUT2D eigenvalue weighted by atomic mass is 16.6. The van der Waals surface area contributed by atoms with E-state index in [1.165, 1.54) is 12.1 Å². The van der Waals surface area contributed by atoms with Gasteiger partial charge in [0.15, 0.2) is 0 Å².